The molecule has 0 fully saturated rings. The predicted octanol–water partition coefficient (Wildman–Crippen LogP) is 5.02. The van der Waals surface area contributed by atoms with Crippen LogP contribution in [0, 0.1) is 0 Å². The van der Waals surface area contributed by atoms with E-state index in [4.69, 9.17) is 9.47 Å². The Kier molecular flexibility index (Phi) is 11.1. The summed E-state index contributed by atoms with van der Waals surface area (Å²) in [5.74, 6) is -0.570. The van der Waals surface area contributed by atoms with Crippen molar-refractivity contribution in [2.75, 3.05) is 38.7 Å². The summed E-state index contributed by atoms with van der Waals surface area (Å²) < 4.78 is 10.2. The Hall–Kier alpha value is -3.69. The number of carbonyl (C=O) groups excluding carboxylic acids is 3. The van der Waals surface area contributed by atoms with E-state index in [1.165, 1.54) is 4.90 Å². The van der Waals surface area contributed by atoms with Crippen LogP contribution in [-0.4, -0.2) is 61.1 Å². The summed E-state index contributed by atoms with van der Waals surface area (Å²) in [4.78, 5) is 42.9. The molecule has 0 aliphatic rings. The molecule has 0 aliphatic carbocycles. The van der Waals surface area contributed by atoms with Crippen LogP contribution >= 0.6 is 11.3 Å². The lowest BCUT2D eigenvalue weighted by atomic mass is 10.2. The van der Waals surface area contributed by atoms with Crippen LogP contribution in [0.1, 0.15) is 34.1 Å². The van der Waals surface area contributed by atoms with E-state index in [2.05, 4.69) is 5.32 Å². The van der Waals surface area contributed by atoms with Gasteiger partial charge in [0.05, 0.1) is 18.7 Å². The summed E-state index contributed by atoms with van der Waals surface area (Å²) in [5, 5.41) is 4.82. The molecule has 37 heavy (non-hydrogen) atoms. The van der Waals surface area contributed by atoms with E-state index in [9.17, 15) is 14.4 Å². The highest BCUT2D eigenvalue weighted by Gasteiger charge is 2.22. The van der Waals surface area contributed by atoms with Gasteiger partial charge in [0, 0.05) is 37.4 Å². The molecule has 0 saturated heterocycles. The molecule has 0 bridgehead atoms. The molecule has 0 aliphatic heterocycles. The van der Waals surface area contributed by atoms with Gasteiger partial charge in [0.15, 0.2) is 0 Å². The fourth-order valence-corrected chi connectivity index (χ4v) is 4.37. The molecule has 196 valence electrons. The number of esters is 1. The highest BCUT2D eigenvalue weighted by molar-refractivity contribution is 7.09. The molecule has 0 atom stereocenters. The van der Waals surface area contributed by atoms with Crippen molar-refractivity contribution in [2.45, 2.75) is 26.4 Å². The average molecular weight is 524 g/mol. The van der Waals surface area contributed by atoms with Crippen molar-refractivity contribution >= 4 is 34.9 Å². The molecule has 3 aromatic rings. The standard InChI is InChI=1S/C28H33N3O5S/c1-3-36-27(33)23-12-14-24(15-13-23)29-28(34)30(16-8-17-35-2)21-26(32)31(20-25-11-7-18-37-25)19-22-9-5-4-6-10-22/h4-7,9-15,18H,3,8,16-17,19-21H2,1-2H3,(H,29,34). The Labute approximate surface area is 221 Å². The Morgan fingerprint density at radius 2 is 1.68 bits per heavy atom. The molecule has 3 rings (SSSR count). The lowest BCUT2D eigenvalue weighted by molar-refractivity contribution is -0.133. The molecule has 2 aromatic carbocycles. The summed E-state index contributed by atoms with van der Waals surface area (Å²) in [6.07, 6.45) is 0.586. The first-order valence-electron chi connectivity index (χ1n) is 12.2. The van der Waals surface area contributed by atoms with Crippen molar-refractivity contribution < 1.29 is 23.9 Å². The smallest absolute Gasteiger partial charge is 0.338 e. The van der Waals surface area contributed by atoms with Crippen molar-refractivity contribution in [3.8, 4) is 0 Å². The quantitative estimate of drug-likeness (QED) is 0.251. The molecule has 1 heterocycles. The van der Waals surface area contributed by atoms with Crippen molar-refractivity contribution in [3.63, 3.8) is 0 Å². The summed E-state index contributed by atoms with van der Waals surface area (Å²) in [7, 11) is 1.60. The van der Waals surface area contributed by atoms with Crippen LogP contribution < -0.4 is 5.32 Å². The first kappa shape index (κ1) is 27.9. The minimum Gasteiger partial charge on any atom is -0.462 e. The van der Waals surface area contributed by atoms with Gasteiger partial charge in [0.2, 0.25) is 5.91 Å². The van der Waals surface area contributed by atoms with E-state index in [1.54, 1.807) is 54.5 Å². The molecule has 0 saturated carbocycles. The van der Waals surface area contributed by atoms with Crippen molar-refractivity contribution in [1.82, 2.24) is 9.80 Å². The van der Waals surface area contributed by atoms with Crippen LogP contribution in [0.15, 0.2) is 72.1 Å². The third-order valence-electron chi connectivity index (χ3n) is 5.53. The van der Waals surface area contributed by atoms with E-state index in [-0.39, 0.29) is 19.1 Å². The number of amides is 3. The van der Waals surface area contributed by atoms with Crippen LogP contribution in [0.2, 0.25) is 0 Å². The fourth-order valence-electron chi connectivity index (χ4n) is 3.65. The van der Waals surface area contributed by atoms with E-state index in [0.717, 1.165) is 10.4 Å². The molecule has 0 unspecified atom stereocenters. The van der Waals surface area contributed by atoms with Gasteiger partial charge in [-0.25, -0.2) is 9.59 Å². The number of carbonyl (C=O) groups is 3. The second kappa shape index (κ2) is 14.8. The zero-order valence-electron chi connectivity index (χ0n) is 21.2. The van der Waals surface area contributed by atoms with E-state index in [0.29, 0.717) is 43.9 Å². The van der Waals surface area contributed by atoms with Gasteiger partial charge in [-0.2, -0.15) is 0 Å². The predicted molar refractivity (Wildman–Crippen MR) is 144 cm³/mol. The number of methoxy groups -OCH3 is 1. The number of anilines is 1. The summed E-state index contributed by atoms with van der Waals surface area (Å²) in [6, 6.07) is 19.8. The van der Waals surface area contributed by atoms with Gasteiger partial charge < -0.3 is 24.6 Å². The van der Waals surface area contributed by atoms with Gasteiger partial charge in [-0.3, -0.25) is 4.79 Å². The lowest BCUT2D eigenvalue weighted by Crippen LogP contribution is -2.44. The number of benzene rings is 2. The maximum Gasteiger partial charge on any atom is 0.338 e. The molecule has 8 nitrogen and oxygen atoms in total. The first-order chi connectivity index (χ1) is 18.0. The molecule has 0 spiro atoms. The molecular formula is C28H33N3O5S. The monoisotopic (exact) mass is 523 g/mol. The van der Waals surface area contributed by atoms with Crippen molar-refractivity contribution in [1.29, 1.82) is 0 Å². The molecular weight excluding hydrogens is 490 g/mol. The number of hydrogen-bond acceptors (Lipinski definition) is 6. The SMILES string of the molecule is CCOC(=O)c1ccc(NC(=O)N(CCCOC)CC(=O)N(Cc2ccccc2)Cc2cccs2)cc1. The maximum atomic E-state index is 13.5. The summed E-state index contributed by atoms with van der Waals surface area (Å²) in [6.45, 7) is 3.69. The number of nitrogens with zero attached hydrogens (tertiary/aromatic N) is 2. The van der Waals surface area contributed by atoms with Gasteiger partial charge in [-0.1, -0.05) is 36.4 Å². The largest absolute Gasteiger partial charge is 0.462 e. The lowest BCUT2D eigenvalue weighted by Gasteiger charge is -2.28. The van der Waals surface area contributed by atoms with E-state index >= 15 is 0 Å². The molecule has 9 heteroatoms. The van der Waals surface area contributed by atoms with Gasteiger partial charge in [0.1, 0.15) is 6.54 Å². The number of urea groups is 1. The Morgan fingerprint density at radius 1 is 0.919 bits per heavy atom. The minimum absolute atomic E-state index is 0.0747. The molecule has 1 aromatic heterocycles. The zero-order chi connectivity index (χ0) is 26.5. The highest BCUT2D eigenvalue weighted by atomic mass is 32.1. The van der Waals surface area contributed by atoms with Crippen molar-refractivity contribution in [2.24, 2.45) is 0 Å². The van der Waals surface area contributed by atoms with Crippen LogP contribution in [0.4, 0.5) is 10.5 Å². The fraction of sp³-hybridized carbons (Fsp3) is 0.321. The van der Waals surface area contributed by atoms with Crippen LogP contribution in [0.5, 0.6) is 0 Å². The number of ether oxygens (including phenoxy) is 2. The second-order valence-electron chi connectivity index (χ2n) is 8.31. The number of nitrogens with one attached hydrogen (secondary N) is 1. The van der Waals surface area contributed by atoms with Gasteiger partial charge in [-0.05, 0) is 54.6 Å². The van der Waals surface area contributed by atoms with Crippen LogP contribution in [0.3, 0.4) is 0 Å². The highest BCUT2D eigenvalue weighted by Crippen LogP contribution is 2.16. The van der Waals surface area contributed by atoms with E-state index < -0.39 is 12.0 Å². The summed E-state index contributed by atoms with van der Waals surface area (Å²) in [5.41, 5.74) is 1.93. The summed E-state index contributed by atoms with van der Waals surface area (Å²) >= 11 is 1.59. The topological polar surface area (TPSA) is 88.2 Å². The Balaban J connectivity index is 1.71. The minimum atomic E-state index is -0.420. The van der Waals surface area contributed by atoms with Gasteiger partial charge in [-0.15, -0.1) is 11.3 Å². The molecule has 0 radical (unpaired) electrons. The van der Waals surface area contributed by atoms with Crippen molar-refractivity contribution in [3.05, 3.63) is 88.1 Å². The Bertz CT molecular complexity index is 1120. The average Bonchev–Trinajstić information content (AvgIpc) is 3.42. The zero-order valence-corrected chi connectivity index (χ0v) is 22.0. The molecule has 3 amide bonds. The number of hydrogen-bond donors (Lipinski definition) is 1. The van der Waals surface area contributed by atoms with Gasteiger partial charge >= 0.3 is 12.0 Å². The van der Waals surface area contributed by atoms with Crippen LogP contribution in [-0.2, 0) is 27.4 Å². The van der Waals surface area contributed by atoms with E-state index in [1.807, 2.05) is 47.8 Å². The Morgan fingerprint density at radius 3 is 2.32 bits per heavy atom. The third kappa shape index (κ3) is 9.04. The number of thiophene rings is 1. The third-order valence-corrected chi connectivity index (χ3v) is 6.39. The normalized spacial score (nSPS) is 10.5. The van der Waals surface area contributed by atoms with Gasteiger partial charge in [0.25, 0.3) is 0 Å². The maximum absolute atomic E-state index is 13.5. The molecule has 1 N–H and O–H groups in total. The second-order valence-corrected chi connectivity index (χ2v) is 9.34. The first-order valence-corrected chi connectivity index (χ1v) is 13.0. The van der Waals surface area contributed by atoms with Crippen LogP contribution in [0.25, 0.3) is 0 Å². The number of rotatable bonds is 13.